The Hall–Kier alpha value is -3.09. The Labute approximate surface area is 162 Å². The largest absolute Gasteiger partial charge is 0.332 e. The fourth-order valence-corrected chi connectivity index (χ4v) is 3.89. The summed E-state index contributed by atoms with van der Waals surface area (Å²) in [4.78, 5) is 31.0. The maximum Gasteiger partial charge on any atom is 0.332 e. The van der Waals surface area contributed by atoms with Crippen LogP contribution in [0.3, 0.4) is 0 Å². The van der Waals surface area contributed by atoms with Crippen molar-refractivity contribution < 1.29 is 0 Å². The molecular formula is C21H25N5O2. The lowest BCUT2D eigenvalue weighted by Crippen LogP contribution is -2.39. The number of aromatic nitrogens is 5. The first-order chi connectivity index (χ1) is 13.4. The number of hydrogen-bond donors (Lipinski definition) is 0. The van der Waals surface area contributed by atoms with Crippen LogP contribution >= 0.6 is 0 Å². The van der Waals surface area contributed by atoms with E-state index in [2.05, 4.69) is 18.4 Å². The molecule has 0 amide bonds. The lowest BCUT2D eigenvalue weighted by Gasteiger charge is -2.13. The highest BCUT2D eigenvalue weighted by Crippen LogP contribution is 2.25. The summed E-state index contributed by atoms with van der Waals surface area (Å²) in [7, 11) is 1.67. The summed E-state index contributed by atoms with van der Waals surface area (Å²) < 4.78 is 6.82. The van der Waals surface area contributed by atoms with E-state index in [0.717, 1.165) is 23.4 Å². The summed E-state index contributed by atoms with van der Waals surface area (Å²) in [5.74, 6) is 0.712. The number of imidazole rings is 2. The third-order valence-electron chi connectivity index (χ3n) is 5.78. The van der Waals surface area contributed by atoms with Crippen LogP contribution < -0.4 is 11.2 Å². The van der Waals surface area contributed by atoms with Gasteiger partial charge < -0.3 is 4.57 Å². The molecule has 0 N–H and O–H groups in total. The second-order valence-electron chi connectivity index (χ2n) is 7.44. The van der Waals surface area contributed by atoms with Gasteiger partial charge in [-0.25, -0.2) is 4.79 Å². The normalized spacial score (nSPS) is 12.9. The van der Waals surface area contributed by atoms with Crippen LogP contribution in [0, 0.1) is 13.8 Å². The van der Waals surface area contributed by atoms with Crippen LogP contribution in [0.25, 0.3) is 16.9 Å². The zero-order chi connectivity index (χ0) is 20.2. The van der Waals surface area contributed by atoms with E-state index in [0.29, 0.717) is 16.9 Å². The SMILES string of the molecule is CC[C@@H](C)n1c(C)c(C)n2c3c(=O)n(Cc4ccccc4)c(=O)n(C)c3nc12. The first-order valence-electron chi connectivity index (χ1n) is 9.60. The van der Waals surface area contributed by atoms with Gasteiger partial charge in [0.25, 0.3) is 5.56 Å². The van der Waals surface area contributed by atoms with Gasteiger partial charge in [0.1, 0.15) is 0 Å². The quantitative estimate of drug-likeness (QED) is 0.548. The van der Waals surface area contributed by atoms with Crippen molar-refractivity contribution in [1.29, 1.82) is 0 Å². The molecular weight excluding hydrogens is 354 g/mol. The molecule has 0 fully saturated rings. The Balaban J connectivity index is 2.09. The topological polar surface area (TPSA) is 66.2 Å². The summed E-state index contributed by atoms with van der Waals surface area (Å²) in [5.41, 5.74) is 3.18. The van der Waals surface area contributed by atoms with Crippen LogP contribution in [0.4, 0.5) is 0 Å². The van der Waals surface area contributed by atoms with Crippen molar-refractivity contribution in [3.63, 3.8) is 0 Å². The average molecular weight is 379 g/mol. The second-order valence-corrected chi connectivity index (χ2v) is 7.44. The van der Waals surface area contributed by atoms with E-state index in [9.17, 15) is 9.59 Å². The monoisotopic (exact) mass is 379 g/mol. The highest BCUT2D eigenvalue weighted by molar-refractivity contribution is 5.76. The van der Waals surface area contributed by atoms with Crippen LogP contribution in [0.5, 0.6) is 0 Å². The first-order valence-corrected chi connectivity index (χ1v) is 9.60. The van der Waals surface area contributed by atoms with Gasteiger partial charge >= 0.3 is 5.69 Å². The van der Waals surface area contributed by atoms with Crippen molar-refractivity contribution in [1.82, 2.24) is 23.1 Å². The van der Waals surface area contributed by atoms with Crippen molar-refractivity contribution in [3.05, 3.63) is 68.1 Å². The summed E-state index contributed by atoms with van der Waals surface area (Å²) in [6, 6.07) is 9.79. The molecule has 146 valence electrons. The summed E-state index contributed by atoms with van der Waals surface area (Å²) >= 11 is 0. The van der Waals surface area contributed by atoms with Gasteiger partial charge in [-0.1, -0.05) is 37.3 Å². The lowest BCUT2D eigenvalue weighted by atomic mass is 10.2. The minimum atomic E-state index is -0.355. The van der Waals surface area contributed by atoms with Crippen LogP contribution in [-0.2, 0) is 13.6 Å². The first kappa shape index (κ1) is 18.3. The Morgan fingerprint density at radius 3 is 2.39 bits per heavy atom. The third-order valence-corrected chi connectivity index (χ3v) is 5.78. The van der Waals surface area contributed by atoms with Gasteiger partial charge in [0.05, 0.1) is 6.54 Å². The summed E-state index contributed by atoms with van der Waals surface area (Å²) in [6.07, 6.45) is 0.949. The van der Waals surface area contributed by atoms with Crippen molar-refractivity contribution in [2.45, 2.75) is 46.7 Å². The molecule has 0 aliphatic rings. The standard InChI is InChI=1S/C21H25N5O2/c1-6-13(2)25-14(3)15(4)26-17-18(22-20(25)26)23(5)21(28)24(19(17)27)12-16-10-8-7-9-11-16/h7-11,13H,6,12H2,1-5H3/t13-/m1/s1. The van der Waals surface area contributed by atoms with E-state index in [-0.39, 0.29) is 23.8 Å². The van der Waals surface area contributed by atoms with E-state index in [1.807, 2.05) is 48.6 Å². The van der Waals surface area contributed by atoms with Gasteiger partial charge in [-0.2, -0.15) is 4.98 Å². The zero-order valence-electron chi connectivity index (χ0n) is 16.9. The van der Waals surface area contributed by atoms with Crippen LogP contribution in [0.1, 0.15) is 43.3 Å². The van der Waals surface area contributed by atoms with E-state index in [1.165, 1.54) is 9.13 Å². The highest BCUT2D eigenvalue weighted by Gasteiger charge is 2.23. The second kappa shape index (κ2) is 6.51. The van der Waals surface area contributed by atoms with Gasteiger partial charge in [-0.15, -0.1) is 0 Å². The molecule has 7 heteroatoms. The van der Waals surface area contributed by atoms with Crippen LogP contribution in [-0.4, -0.2) is 23.1 Å². The minimum absolute atomic E-state index is 0.236. The molecule has 1 aromatic carbocycles. The molecule has 0 spiro atoms. The third kappa shape index (κ3) is 2.46. The Bertz CT molecular complexity index is 1300. The van der Waals surface area contributed by atoms with E-state index >= 15 is 0 Å². The Kier molecular flexibility index (Phi) is 4.25. The van der Waals surface area contributed by atoms with Gasteiger partial charge in [0.2, 0.25) is 5.78 Å². The van der Waals surface area contributed by atoms with Gasteiger partial charge in [-0.05, 0) is 32.8 Å². The predicted octanol–water partition coefficient (Wildman–Crippen LogP) is 2.79. The summed E-state index contributed by atoms with van der Waals surface area (Å²) in [6.45, 7) is 8.54. The average Bonchev–Trinajstić information content (AvgIpc) is 3.19. The molecule has 0 aliphatic carbocycles. The smallest absolute Gasteiger partial charge is 0.311 e. The maximum atomic E-state index is 13.4. The van der Waals surface area contributed by atoms with Crippen molar-refractivity contribution in [2.24, 2.45) is 7.05 Å². The molecule has 0 bridgehead atoms. The molecule has 4 rings (SSSR count). The van der Waals surface area contributed by atoms with E-state index in [4.69, 9.17) is 4.98 Å². The number of aryl methyl sites for hydroxylation is 2. The Morgan fingerprint density at radius 2 is 1.75 bits per heavy atom. The van der Waals surface area contributed by atoms with Crippen LogP contribution in [0.2, 0.25) is 0 Å². The molecule has 0 saturated carbocycles. The van der Waals surface area contributed by atoms with E-state index < -0.39 is 0 Å². The van der Waals surface area contributed by atoms with Gasteiger partial charge in [-0.3, -0.25) is 18.3 Å². The molecule has 3 aromatic heterocycles. The molecule has 0 saturated heterocycles. The van der Waals surface area contributed by atoms with Crippen molar-refractivity contribution in [2.75, 3.05) is 0 Å². The fourth-order valence-electron chi connectivity index (χ4n) is 3.89. The fraction of sp³-hybridized carbons (Fsp3) is 0.381. The highest BCUT2D eigenvalue weighted by atomic mass is 16.2. The molecule has 3 heterocycles. The lowest BCUT2D eigenvalue weighted by molar-refractivity contribution is 0.532. The molecule has 4 aromatic rings. The van der Waals surface area contributed by atoms with Crippen LogP contribution in [0.15, 0.2) is 39.9 Å². The van der Waals surface area contributed by atoms with E-state index in [1.54, 1.807) is 7.05 Å². The van der Waals surface area contributed by atoms with Gasteiger partial charge in [0.15, 0.2) is 11.2 Å². The molecule has 1 atom stereocenters. The number of rotatable bonds is 4. The number of hydrogen-bond acceptors (Lipinski definition) is 3. The summed E-state index contributed by atoms with van der Waals surface area (Å²) in [5, 5.41) is 0. The zero-order valence-corrected chi connectivity index (χ0v) is 16.9. The molecule has 0 radical (unpaired) electrons. The van der Waals surface area contributed by atoms with Gasteiger partial charge in [0, 0.05) is 24.5 Å². The number of benzene rings is 1. The van der Waals surface area contributed by atoms with Crippen molar-refractivity contribution >= 4 is 16.9 Å². The number of nitrogens with zero attached hydrogens (tertiary/aromatic N) is 5. The van der Waals surface area contributed by atoms with Crippen molar-refractivity contribution in [3.8, 4) is 0 Å². The molecule has 28 heavy (non-hydrogen) atoms. The molecule has 7 nitrogen and oxygen atoms in total. The predicted molar refractivity (Wildman–Crippen MR) is 110 cm³/mol. The Morgan fingerprint density at radius 1 is 1.07 bits per heavy atom. The number of fused-ring (bicyclic) bond motifs is 3. The molecule has 0 aliphatic heterocycles. The minimum Gasteiger partial charge on any atom is -0.311 e. The molecule has 0 unspecified atom stereocenters. The maximum absolute atomic E-state index is 13.4.